The van der Waals surface area contributed by atoms with Gasteiger partial charge in [-0.3, -0.25) is 0 Å². The molecule has 0 unspecified atom stereocenters. The molecule has 110 valence electrons. The summed E-state index contributed by atoms with van der Waals surface area (Å²) in [6.45, 7) is 2.13. The van der Waals surface area contributed by atoms with Crippen LogP contribution in [0.15, 0.2) is 30.6 Å². The van der Waals surface area contributed by atoms with Crippen LogP contribution in [0, 0.1) is 6.92 Å². The first-order chi connectivity index (χ1) is 10.1. The monoisotopic (exact) mass is 288 g/mol. The van der Waals surface area contributed by atoms with Gasteiger partial charge in [0.15, 0.2) is 0 Å². The van der Waals surface area contributed by atoms with Gasteiger partial charge in [0.2, 0.25) is 0 Å². The highest BCUT2D eigenvalue weighted by atomic mass is 16.4. The minimum atomic E-state index is -1.02. The molecule has 7 heteroatoms. The molecule has 0 aliphatic carbocycles. The molecule has 0 fully saturated rings. The quantitative estimate of drug-likeness (QED) is 0.672. The molecule has 0 aliphatic heterocycles. The normalized spacial score (nSPS) is 10.1. The molecule has 0 spiro atoms. The van der Waals surface area contributed by atoms with E-state index in [0.717, 1.165) is 5.82 Å². The molecule has 2 aromatic rings. The zero-order valence-corrected chi connectivity index (χ0v) is 11.5. The zero-order valence-electron chi connectivity index (χ0n) is 11.5. The van der Waals surface area contributed by atoms with E-state index in [1.165, 1.54) is 6.07 Å². The fraction of sp³-hybridized carbons (Fsp3) is 0.214. The number of H-pyrrole nitrogens is 1. The summed E-state index contributed by atoms with van der Waals surface area (Å²) in [7, 11) is 0. The summed E-state index contributed by atoms with van der Waals surface area (Å²) >= 11 is 0. The van der Waals surface area contributed by atoms with Crippen molar-refractivity contribution in [2.45, 2.75) is 13.3 Å². The molecular weight excluding hydrogens is 272 g/mol. The van der Waals surface area contributed by atoms with Gasteiger partial charge in [0.25, 0.3) is 0 Å². The second-order valence-corrected chi connectivity index (χ2v) is 4.50. The number of carboxylic acids is 1. The molecule has 21 heavy (non-hydrogen) atoms. The van der Waals surface area contributed by atoms with Crippen molar-refractivity contribution in [3.8, 4) is 0 Å². The summed E-state index contributed by atoms with van der Waals surface area (Å²) in [5, 5.41) is 14.3. The van der Waals surface area contributed by atoms with Crippen molar-refractivity contribution >= 4 is 17.7 Å². The van der Waals surface area contributed by atoms with Crippen LogP contribution in [0.2, 0.25) is 0 Å². The second-order valence-electron chi connectivity index (χ2n) is 4.50. The van der Waals surface area contributed by atoms with Gasteiger partial charge in [0.1, 0.15) is 5.82 Å². The van der Waals surface area contributed by atoms with Crippen LogP contribution < -0.4 is 10.6 Å². The number of imidazole rings is 1. The number of carbonyl (C=O) groups is 2. The smallest absolute Gasteiger partial charge is 0.336 e. The minimum absolute atomic E-state index is 0.170. The third-order valence-corrected chi connectivity index (χ3v) is 2.93. The molecule has 2 amide bonds. The van der Waals surface area contributed by atoms with Crippen LogP contribution in [-0.4, -0.2) is 33.6 Å². The summed E-state index contributed by atoms with van der Waals surface area (Å²) < 4.78 is 0. The molecule has 2 rings (SSSR count). The number of aromatic amines is 1. The Hall–Kier alpha value is -2.83. The number of carboxylic acid groups (broad SMARTS) is 1. The lowest BCUT2D eigenvalue weighted by Crippen LogP contribution is -2.30. The molecular formula is C14H16N4O3. The standard InChI is InChI=1S/C14H16N4O3/c1-9-2-3-10(8-11(9)13(19)20)18-14(21)17-5-4-12-15-6-7-16-12/h2-3,6-8H,4-5H2,1H3,(H,15,16)(H,19,20)(H2,17,18,21). The van der Waals surface area contributed by atoms with Gasteiger partial charge in [0.05, 0.1) is 5.56 Å². The number of anilines is 1. The number of amides is 2. The minimum Gasteiger partial charge on any atom is -0.478 e. The topological polar surface area (TPSA) is 107 Å². The van der Waals surface area contributed by atoms with Gasteiger partial charge in [-0.05, 0) is 24.6 Å². The van der Waals surface area contributed by atoms with Gasteiger partial charge in [0, 0.05) is 31.0 Å². The van der Waals surface area contributed by atoms with Crippen molar-refractivity contribution in [1.29, 1.82) is 0 Å². The number of aryl methyl sites for hydroxylation is 1. The average Bonchev–Trinajstić information content (AvgIpc) is 2.94. The number of nitrogens with one attached hydrogen (secondary N) is 3. The molecule has 0 saturated carbocycles. The first-order valence-electron chi connectivity index (χ1n) is 6.43. The molecule has 0 atom stereocenters. The van der Waals surface area contributed by atoms with Crippen molar-refractivity contribution in [2.24, 2.45) is 0 Å². The fourth-order valence-corrected chi connectivity index (χ4v) is 1.83. The van der Waals surface area contributed by atoms with Crippen molar-refractivity contribution in [3.63, 3.8) is 0 Å². The maximum Gasteiger partial charge on any atom is 0.336 e. The number of nitrogens with zero attached hydrogens (tertiary/aromatic N) is 1. The fourth-order valence-electron chi connectivity index (χ4n) is 1.83. The average molecular weight is 288 g/mol. The highest BCUT2D eigenvalue weighted by molar-refractivity contribution is 5.94. The van der Waals surface area contributed by atoms with E-state index in [9.17, 15) is 9.59 Å². The van der Waals surface area contributed by atoms with E-state index in [1.54, 1.807) is 31.5 Å². The van der Waals surface area contributed by atoms with Gasteiger partial charge in [-0.1, -0.05) is 6.07 Å². The first kappa shape index (κ1) is 14.6. The van der Waals surface area contributed by atoms with Crippen molar-refractivity contribution in [2.75, 3.05) is 11.9 Å². The van der Waals surface area contributed by atoms with Crippen LogP contribution in [0.3, 0.4) is 0 Å². The van der Waals surface area contributed by atoms with E-state index in [2.05, 4.69) is 20.6 Å². The Kier molecular flexibility index (Phi) is 4.55. The Bertz CT molecular complexity index is 638. The Labute approximate surface area is 121 Å². The van der Waals surface area contributed by atoms with Crippen LogP contribution in [0.1, 0.15) is 21.7 Å². The lowest BCUT2D eigenvalue weighted by atomic mass is 10.1. The van der Waals surface area contributed by atoms with Crippen LogP contribution in [0.5, 0.6) is 0 Å². The molecule has 1 aromatic heterocycles. The Morgan fingerprint density at radius 3 is 2.86 bits per heavy atom. The number of hydrogen-bond donors (Lipinski definition) is 4. The molecule has 1 heterocycles. The Morgan fingerprint density at radius 1 is 1.38 bits per heavy atom. The van der Waals surface area contributed by atoms with Crippen LogP contribution >= 0.6 is 0 Å². The Balaban J connectivity index is 1.87. The maximum atomic E-state index is 11.7. The summed E-state index contributed by atoms with van der Waals surface area (Å²) in [6.07, 6.45) is 3.96. The first-order valence-corrected chi connectivity index (χ1v) is 6.43. The second kappa shape index (κ2) is 6.56. The predicted molar refractivity (Wildman–Crippen MR) is 77.5 cm³/mol. The van der Waals surface area contributed by atoms with Gasteiger partial charge in [-0.15, -0.1) is 0 Å². The number of urea groups is 1. The lowest BCUT2D eigenvalue weighted by Gasteiger charge is -2.09. The van der Waals surface area contributed by atoms with Crippen molar-refractivity contribution in [3.05, 3.63) is 47.5 Å². The highest BCUT2D eigenvalue weighted by Crippen LogP contribution is 2.15. The van der Waals surface area contributed by atoms with E-state index >= 15 is 0 Å². The third-order valence-electron chi connectivity index (χ3n) is 2.93. The van der Waals surface area contributed by atoms with Gasteiger partial charge < -0.3 is 20.7 Å². The summed E-state index contributed by atoms with van der Waals surface area (Å²) in [5.41, 5.74) is 1.25. The van der Waals surface area contributed by atoms with E-state index in [4.69, 9.17) is 5.11 Å². The van der Waals surface area contributed by atoms with E-state index in [1.807, 2.05) is 0 Å². The van der Waals surface area contributed by atoms with E-state index < -0.39 is 5.97 Å². The van der Waals surface area contributed by atoms with Gasteiger partial charge >= 0.3 is 12.0 Å². The van der Waals surface area contributed by atoms with Crippen LogP contribution in [0.25, 0.3) is 0 Å². The van der Waals surface area contributed by atoms with E-state index in [-0.39, 0.29) is 11.6 Å². The van der Waals surface area contributed by atoms with Crippen LogP contribution in [-0.2, 0) is 6.42 Å². The number of rotatable bonds is 5. The molecule has 4 N–H and O–H groups in total. The lowest BCUT2D eigenvalue weighted by molar-refractivity contribution is 0.0696. The van der Waals surface area contributed by atoms with E-state index in [0.29, 0.717) is 24.2 Å². The predicted octanol–water partition coefficient (Wildman–Crippen LogP) is 1.78. The van der Waals surface area contributed by atoms with Crippen molar-refractivity contribution < 1.29 is 14.7 Å². The van der Waals surface area contributed by atoms with Gasteiger partial charge in [-0.25, -0.2) is 14.6 Å². The maximum absolute atomic E-state index is 11.7. The number of carbonyl (C=O) groups excluding carboxylic acids is 1. The van der Waals surface area contributed by atoms with Crippen molar-refractivity contribution in [1.82, 2.24) is 15.3 Å². The van der Waals surface area contributed by atoms with Gasteiger partial charge in [-0.2, -0.15) is 0 Å². The molecule has 0 saturated heterocycles. The number of hydrogen-bond acceptors (Lipinski definition) is 3. The highest BCUT2D eigenvalue weighted by Gasteiger charge is 2.09. The summed E-state index contributed by atoms with van der Waals surface area (Å²) in [5.74, 6) is -0.229. The summed E-state index contributed by atoms with van der Waals surface area (Å²) in [4.78, 5) is 29.7. The SMILES string of the molecule is Cc1ccc(NC(=O)NCCc2ncc[nH]2)cc1C(=O)O. The zero-order chi connectivity index (χ0) is 15.2. The molecule has 7 nitrogen and oxygen atoms in total. The Morgan fingerprint density at radius 2 is 2.19 bits per heavy atom. The van der Waals surface area contributed by atoms with Crippen LogP contribution in [0.4, 0.5) is 10.5 Å². The number of aromatic nitrogens is 2. The number of aromatic carboxylic acids is 1. The summed E-state index contributed by atoms with van der Waals surface area (Å²) in [6, 6.07) is 4.36. The third kappa shape index (κ3) is 4.07. The molecule has 0 aliphatic rings. The largest absolute Gasteiger partial charge is 0.478 e. The molecule has 1 aromatic carbocycles. The molecule has 0 bridgehead atoms. The number of benzene rings is 1. The molecule has 0 radical (unpaired) electrons.